The first-order chi connectivity index (χ1) is 25.2. The number of benzene rings is 4. The molecule has 0 saturated heterocycles. The van der Waals surface area contributed by atoms with Crippen molar-refractivity contribution in [2.75, 3.05) is 26.0 Å². The molecule has 276 valence electrons. The van der Waals surface area contributed by atoms with E-state index in [1.807, 2.05) is 71.1 Å². The summed E-state index contributed by atoms with van der Waals surface area (Å²) in [5.74, 6) is 1.59. The summed E-state index contributed by atoms with van der Waals surface area (Å²) >= 11 is 0. The molecule has 5 N–H and O–H groups in total. The number of Topliss-reactive ketones (excluding diaryl/α,β-unsaturated/α-hetero) is 2. The first-order valence-electron chi connectivity index (χ1n) is 17.9. The zero-order valence-corrected chi connectivity index (χ0v) is 31.6. The molecular weight excluding hydrogens is 697 g/mol. The zero-order chi connectivity index (χ0) is 36.8. The van der Waals surface area contributed by atoms with E-state index < -0.39 is 6.23 Å². The highest BCUT2D eigenvalue weighted by Gasteiger charge is 2.33. The fraction of sp³-hybridized carbons (Fsp3) is 0.415. The minimum atomic E-state index is -0.503. The average molecular weight is 745 g/mol. The molecule has 52 heavy (non-hydrogen) atoms. The van der Waals surface area contributed by atoms with Gasteiger partial charge in [-0.25, -0.2) is 0 Å². The summed E-state index contributed by atoms with van der Waals surface area (Å²) in [5.41, 5.74) is 5.83. The van der Waals surface area contributed by atoms with E-state index in [0.717, 1.165) is 64.3 Å². The highest BCUT2D eigenvalue weighted by Crippen LogP contribution is 2.47. The number of rotatable bonds is 9. The van der Waals surface area contributed by atoms with Gasteiger partial charge in [-0.15, -0.1) is 0 Å². The van der Waals surface area contributed by atoms with Crippen LogP contribution in [0.15, 0.2) is 60.7 Å². The van der Waals surface area contributed by atoms with Gasteiger partial charge in [0.25, 0.3) is 0 Å². The molecule has 2 heterocycles. The quantitative estimate of drug-likeness (QED) is 0.0841. The van der Waals surface area contributed by atoms with Crippen LogP contribution < -0.4 is 15.4 Å². The van der Waals surface area contributed by atoms with E-state index in [4.69, 9.17) is 9.47 Å². The first kappa shape index (κ1) is 38.0. The van der Waals surface area contributed by atoms with Gasteiger partial charge >= 0.3 is 0 Å². The van der Waals surface area contributed by atoms with Gasteiger partial charge < -0.3 is 30.1 Å². The van der Waals surface area contributed by atoms with Crippen molar-refractivity contribution in [1.82, 2.24) is 5.32 Å². The van der Waals surface area contributed by atoms with Crippen molar-refractivity contribution >= 4 is 49.6 Å². The molecule has 3 aliphatic rings. The Bertz CT molecular complexity index is 1910. The Morgan fingerprint density at radius 3 is 2.52 bits per heavy atom. The van der Waals surface area contributed by atoms with Crippen molar-refractivity contribution < 1.29 is 34.4 Å². The standard InChI is InChI=1S/C41H48N2O7S2/c1-24(45)21-43-36-16-9-28(18-29(36)22-44)41(42-2)50-38-20-31(47)12-5-27-10-17-37(48)40(49-3)39(27)33-15-8-25-4-11-30(46)19-34(25)35(33)23-51-52-32-13-6-26(38)7-14-32/h4,8-11,15-19,26,32,38,41-44,46,48H,5-7,12-14,20-23H2,1-3H3. The molecule has 0 aromatic heterocycles. The third-order valence-electron chi connectivity index (χ3n) is 10.3. The molecule has 4 aromatic carbocycles. The maximum atomic E-state index is 13.9. The highest BCUT2D eigenvalue weighted by atomic mass is 33.1. The van der Waals surface area contributed by atoms with Crippen LogP contribution in [-0.2, 0) is 33.1 Å². The average Bonchev–Trinajstić information content (AvgIpc) is 3.15. The molecule has 2 bridgehead atoms. The van der Waals surface area contributed by atoms with E-state index >= 15 is 0 Å². The third kappa shape index (κ3) is 8.72. The summed E-state index contributed by atoms with van der Waals surface area (Å²) in [6, 6.07) is 18.7. The molecule has 4 aromatic rings. The van der Waals surface area contributed by atoms with Crippen LogP contribution in [0.3, 0.4) is 0 Å². The number of ketones is 2. The normalized spacial score (nSPS) is 20.2. The Labute approximate surface area is 313 Å². The van der Waals surface area contributed by atoms with Crippen molar-refractivity contribution in [2.45, 2.75) is 81.8 Å². The summed E-state index contributed by atoms with van der Waals surface area (Å²) in [7, 11) is 7.09. The van der Waals surface area contributed by atoms with Gasteiger partial charge in [-0.05, 0) is 115 Å². The van der Waals surface area contributed by atoms with Crippen molar-refractivity contribution in [3.63, 3.8) is 0 Å². The fourth-order valence-electron chi connectivity index (χ4n) is 7.54. The molecule has 2 unspecified atom stereocenters. The number of phenols is 2. The van der Waals surface area contributed by atoms with Crippen LogP contribution in [0.2, 0.25) is 0 Å². The van der Waals surface area contributed by atoms with Crippen LogP contribution >= 0.6 is 21.6 Å². The molecule has 1 saturated carbocycles. The van der Waals surface area contributed by atoms with Crippen LogP contribution in [-0.4, -0.2) is 58.9 Å². The van der Waals surface area contributed by atoms with Crippen LogP contribution in [0.4, 0.5) is 5.69 Å². The lowest BCUT2D eigenvalue weighted by atomic mass is 9.82. The third-order valence-corrected chi connectivity index (χ3v) is 13.1. The Morgan fingerprint density at radius 2 is 1.79 bits per heavy atom. The topological polar surface area (TPSA) is 137 Å². The number of fused-ring (bicyclic) bond motifs is 9. The number of hydrogen-bond acceptors (Lipinski definition) is 11. The number of carbonyl (C=O) groups excluding carboxylic acids is 2. The predicted molar refractivity (Wildman–Crippen MR) is 210 cm³/mol. The molecule has 0 amide bonds. The lowest BCUT2D eigenvalue weighted by molar-refractivity contribution is -0.127. The molecule has 1 fully saturated rings. The van der Waals surface area contributed by atoms with Gasteiger partial charge in [-0.3, -0.25) is 14.9 Å². The maximum Gasteiger partial charge on any atom is 0.168 e. The van der Waals surface area contributed by atoms with Gasteiger partial charge in [-0.1, -0.05) is 51.9 Å². The number of methoxy groups -OCH3 is 1. The molecule has 0 radical (unpaired) electrons. The summed E-state index contributed by atoms with van der Waals surface area (Å²) < 4.78 is 12.6. The number of hydrogen-bond donors (Lipinski definition) is 5. The molecule has 11 heteroatoms. The van der Waals surface area contributed by atoms with E-state index in [0.29, 0.717) is 40.8 Å². The Hall–Kier alpha value is -3.74. The number of phenolic OH excluding ortho intramolecular Hbond substituents is 2. The second-order valence-corrected chi connectivity index (χ2v) is 16.4. The van der Waals surface area contributed by atoms with Crippen LogP contribution in [0, 0.1) is 5.92 Å². The van der Waals surface area contributed by atoms with E-state index in [-0.39, 0.29) is 54.7 Å². The van der Waals surface area contributed by atoms with Gasteiger partial charge in [0.15, 0.2) is 11.5 Å². The monoisotopic (exact) mass is 744 g/mol. The van der Waals surface area contributed by atoms with Gasteiger partial charge in [0.2, 0.25) is 0 Å². The SMILES string of the molecule is CNC(OC1CC(=O)CCc2ccc(O)c(OC)c2-c2ccc3ccc(O)cc3c2CSSC2CCC1CC2)c1ccc(NCC(C)=O)c(CO)c1. The Balaban J connectivity index is 1.32. The minimum absolute atomic E-state index is 0.00106. The zero-order valence-electron chi connectivity index (χ0n) is 29.9. The molecule has 0 spiro atoms. The van der Waals surface area contributed by atoms with Crippen molar-refractivity contribution in [2.24, 2.45) is 5.92 Å². The lowest BCUT2D eigenvalue weighted by Gasteiger charge is -2.35. The number of aryl methyl sites for hydroxylation is 1. The number of ether oxygens (including phenoxy) is 2. The summed E-state index contributed by atoms with van der Waals surface area (Å²) in [4.78, 5) is 25.5. The Morgan fingerprint density at radius 1 is 1.00 bits per heavy atom. The van der Waals surface area contributed by atoms with Gasteiger partial charge in [0.1, 0.15) is 23.5 Å². The van der Waals surface area contributed by atoms with E-state index in [1.165, 1.54) is 6.92 Å². The summed E-state index contributed by atoms with van der Waals surface area (Å²) in [6.07, 6.45) is 4.14. The number of anilines is 1. The van der Waals surface area contributed by atoms with Gasteiger partial charge in [0.05, 0.1) is 26.4 Å². The number of aliphatic hydroxyl groups is 1. The van der Waals surface area contributed by atoms with E-state index in [1.54, 1.807) is 19.2 Å². The number of aromatic hydroxyl groups is 2. The van der Waals surface area contributed by atoms with Gasteiger partial charge in [0, 0.05) is 40.7 Å². The lowest BCUT2D eigenvalue weighted by Crippen LogP contribution is -2.35. The molecule has 1 aliphatic carbocycles. The van der Waals surface area contributed by atoms with Crippen molar-refractivity contribution in [3.8, 4) is 28.4 Å². The van der Waals surface area contributed by atoms with Crippen LogP contribution in [0.25, 0.3) is 21.9 Å². The van der Waals surface area contributed by atoms with E-state index in [2.05, 4.69) is 16.7 Å². The highest BCUT2D eigenvalue weighted by molar-refractivity contribution is 8.76. The van der Waals surface area contributed by atoms with E-state index in [9.17, 15) is 24.9 Å². The van der Waals surface area contributed by atoms with Crippen LogP contribution in [0.5, 0.6) is 17.2 Å². The molecular formula is C41H48N2O7S2. The molecule has 9 nitrogen and oxygen atoms in total. The van der Waals surface area contributed by atoms with Gasteiger partial charge in [-0.2, -0.15) is 0 Å². The minimum Gasteiger partial charge on any atom is -0.508 e. The van der Waals surface area contributed by atoms with Crippen LogP contribution in [0.1, 0.15) is 73.9 Å². The van der Waals surface area contributed by atoms with Crippen molar-refractivity contribution in [3.05, 3.63) is 82.9 Å². The largest absolute Gasteiger partial charge is 0.508 e. The fourth-order valence-corrected chi connectivity index (χ4v) is 10.4. The number of nitrogens with one attached hydrogen (secondary N) is 2. The number of carbonyl (C=O) groups is 2. The molecule has 2 aliphatic heterocycles. The summed E-state index contributed by atoms with van der Waals surface area (Å²) in [5, 5.41) is 40.4. The summed E-state index contributed by atoms with van der Waals surface area (Å²) in [6.45, 7) is 1.49. The molecule has 7 rings (SSSR count). The number of aliphatic hydroxyl groups excluding tert-OH is 1. The Kier molecular flexibility index (Phi) is 12.7. The van der Waals surface area contributed by atoms with Crippen molar-refractivity contribution in [1.29, 1.82) is 0 Å². The first-order valence-corrected chi connectivity index (χ1v) is 20.3. The second-order valence-electron chi connectivity index (χ2n) is 13.8. The smallest absolute Gasteiger partial charge is 0.168 e. The second kappa shape index (κ2) is 17.4. The predicted octanol–water partition coefficient (Wildman–Crippen LogP) is 8.07. The molecule has 2 atom stereocenters. The maximum absolute atomic E-state index is 13.9.